The van der Waals surface area contributed by atoms with E-state index in [2.05, 4.69) is 54.4 Å². The number of aromatic nitrogens is 1. The lowest BCUT2D eigenvalue weighted by molar-refractivity contribution is 0.568. The van der Waals surface area contributed by atoms with Crippen molar-refractivity contribution in [3.05, 3.63) is 35.9 Å². The van der Waals surface area contributed by atoms with Crippen molar-refractivity contribution < 1.29 is 0 Å². The van der Waals surface area contributed by atoms with Crippen LogP contribution in [0.2, 0.25) is 0 Å². The van der Waals surface area contributed by atoms with Gasteiger partial charge in [0.1, 0.15) is 5.82 Å². The lowest BCUT2D eigenvalue weighted by Gasteiger charge is -2.27. The van der Waals surface area contributed by atoms with E-state index in [1.165, 1.54) is 36.0 Å². The third-order valence-electron chi connectivity index (χ3n) is 4.34. The molecule has 1 atom stereocenters. The molecule has 0 bridgehead atoms. The minimum Gasteiger partial charge on any atom is -0.352 e. The first-order valence-electron chi connectivity index (χ1n) is 8.13. The van der Waals surface area contributed by atoms with Crippen molar-refractivity contribution in [1.82, 2.24) is 10.3 Å². The third-order valence-corrected chi connectivity index (χ3v) is 4.34. The summed E-state index contributed by atoms with van der Waals surface area (Å²) in [7, 11) is 0. The van der Waals surface area contributed by atoms with E-state index in [0.29, 0.717) is 6.04 Å². The Labute approximate surface area is 127 Å². The van der Waals surface area contributed by atoms with Gasteiger partial charge in [-0.15, -0.1) is 0 Å². The van der Waals surface area contributed by atoms with Crippen molar-refractivity contribution in [2.45, 2.75) is 39.2 Å². The van der Waals surface area contributed by atoms with E-state index in [1.54, 1.807) is 0 Å². The van der Waals surface area contributed by atoms with E-state index in [-0.39, 0.29) is 0 Å². The van der Waals surface area contributed by atoms with Crippen molar-refractivity contribution in [3.63, 3.8) is 0 Å². The highest BCUT2D eigenvalue weighted by molar-refractivity contribution is 5.81. The highest BCUT2D eigenvalue weighted by Gasteiger charge is 2.26. The average Bonchev–Trinajstić information content (AvgIpc) is 2.95. The molecule has 3 nitrogen and oxygen atoms in total. The number of pyridine rings is 1. The van der Waals surface area contributed by atoms with Gasteiger partial charge in [-0.05, 0) is 50.4 Å². The molecule has 1 N–H and O–H groups in total. The number of aryl methyl sites for hydroxylation is 1. The Morgan fingerprint density at radius 2 is 2.19 bits per heavy atom. The number of hydrogen-bond donors (Lipinski definition) is 1. The van der Waals surface area contributed by atoms with Gasteiger partial charge in [0, 0.05) is 24.5 Å². The van der Waals surface area contributed by atoms with E-state index < -0.39 is 0 Å². The van der Waals surface area contributed by atoms with Crippen molar-refractivity contribution in [1.29, 1.82) is 0 Å². The molecule has 0 aliphatic carbocycles. The van der Waals surface area contributed by atoms with Crippen molar-refractivity contribution in [2.75, 3.05) is 24.5 Å². The van der Waals surface area contributed by atoms with Gasteiger partial charge in [-0.2, -0.15) is 0 Å². The van der Waals surface area contributed by atoms with Gasteiger partial charge in [-0.3, -0.25) is 0 Å². The van der Waals surface area contributed by atoms with Crippen LogP contribution in [0.1, 0.15) is 31.7 Å². The van der Waals surface area contributed by atoms with E-state index in [9.17, 15) is 0 Å². The van der Waals surface area contributed by atoms with Crippen LogP contribution in [0, 0.1) is 6.92 Å². The fourth-order valence-corrected chi connectivity index (χ4v) is 3.27. The predicted molar refractivity (Wildman–Crippen MR) is 90.0 cm³/mol. The van der Waals surface area contributed by atoms with Gasteiger partial charge < -0.3 is 10.2 Å². The molecule has 1 saturated heterocycles. The molecule has 2 heterocycles. The maximum atomic E-state index is 4.93. The SMILES string of the molecule is CCCNCC1CCCN1c1nc2ccccc2cc1C. The molecule has 3 heteroatoms. The Morgan fingerprint density at radius 1 is 1.33 bits per heavy atom. The quantitative estimate of drug-likeness (QED) is 0.851. The molecule has 1 aliphatic rings. The number of para-hydroxylation sites is 1. The molecule has 0 amide bonds. The van der Waals surface area contributed by atoms with Crippen LogP contribution in [0.25, 0.3) is 10.9 Å². The monoisotopic (exact) mass is 283 g/mol. The number of nitrogens with one attached hydrogen (secondary N) is 1. The fourth-order valence-electron chi connectivity index (χ4n) is 3.27. The molecule has 1 aromatic carbocycles. The summed E-state index contributed by atoms with van der Waals surface area (Å²) in [4.78, 5) is 7.44. The Bertz CT molecular complexity index is 608. The molecule has 0 saturated carbocycles. The maximum absolute atomic E-state index is 4.93. The fraction of sp³-hybridized carbons (Fsp3) is 0.500. The molecule has 21 heavy (non-hydrogen) atoms. The minimum absolute atomic E-state index is 0.587. The van der Waals surface area contributed by atoms with Gasteiger partial charge in [0.15, 0.2) is 0 Å². The lowest BCUT2D eigenvalue weighted by Crippen LogP contribution is -2.39. The summed E-state index contributed by atoms with van der Waals surface area (Å²) in [6.45, 7) is 7.71. The van der Waals surface area contributed by atoms with Crippen LogP contribution < -0.4 is 10.2 Å². The summed E-state index contributed by atoms with van der Waals surface area (Å²) in [6, 6.07) is 11.3. The highest BCUT2D eigenvalue weighted by atomic mass is 15.2. The zero-order chi connectivity index (χ0) is 14.7. The van der Waals surface area contributed by atoms with Gasteiger partial charge >= 0.3 is 0 Å². The van der Waals surface area contributed by atoms with Crippen LogP contribution in [-0.4, -0.2) is 30.7 Å². The number of fused-ring (bicyclic) bond motifs is 1. The molecular weight excluding hydrogens is 258 g/mol. The smallest absolute Gasteiger partial charge is 0.132 e. The number of nitrogens with zero attached hydrogens (tertiary/aromatic N) is 2. The second-order valence-corrected chi connectivity index (χ2v) is 6.02. The van der Waals surface area contributed by atoms with E-state index in [4.69, 9.17) is 4.98 Å². The molecule has 1 aliphatic heterocycles. The van der Waals surface area contributed by atoms with Gasteiger partial charge in [-0.1, -0.05) is 25.1 Å². The van der Waals surface area contributed by atoms with Crippen LogP contribution in [0.3, 0.4) is 0 Å². The molecule has 1 fully saturated rings. The Hall–Kier alpha value is -1.61. The molecule has 2 aromatic rings. The predicted octanol–water partition coefficient (Wildman–Crippen LogP) is 3.51. The minimum atomic E-state index is 0.587. The topological polar surface area (TPSA) is 28.2 Å². The van der Waals surface area contributed by atoms with Crippen LogP contribution in [0.15, 0.2) is 30.3 Å². The molecule has 1 unspecified atom stereocenters. The number of hydrogen-bond acceptors (Lipinski definition) is 3. The standard InChI is InChI=1S/C18H25N3/c1-3-10-19-13-16-8-6-11-21(16)18-14(2)12-15-7-4-5-9-17(15)20-18/h4-5,7,9,12,16,19H,3,6,8,10-11,13H2,1-2H3. The van der Waals surface area contributed by atoms with Crippen molar-refractivity contribution in [3.8, 4) is 0 Å². The highest BCUT2D eigenvalue weighted by Crippen LogP contribution is 2.28. The van der Waals surface area contributed by atoms with Gasteiger partial charge in [0.05, 0.1) is 5.52 Å². The van der Waals surface area contributed by atoms with Crippen LogP contribution in [0.4, 0.5) is 5.82 Å². The molecule has 0 radical (unpaired) electrons. The zero-order valence-electron chi connectivity index (χ0n) is 13.1. The molecule has 112 valence electrons. The lowest BCUT2D eigenvalue weighted by atomic mass is 10.1. The second kappa shape index (κ2) is 6.44. The maximum Gasteiger partial charge on any atom is 0.132 e. The third kappa shape index (κ3) is 3.03. The average molecular weight is 283 g/mol. The second-order valence-electron chi connectivity index (χ2n) is 6.02. The van der Waals surface area contributed by atoms with Gasteiger partial charge in [0.2, 0.25) is 0 Å². The van der Waals surface area contributed by atoms with Crippen molar-refractivity contribution in [2.24, 2.45) is 0 Å². The van der Waals surface area contributed by atoms with Crippen LogP contribution >= 0.6 is 0 Å². The van der Waals surface area contributed by atoms with E-state index in [1.807, 2.05) is 0 Å². The first-order valence-corrected chi connectivity index (χ1v) is 8.13. The van der Waals surface area contributed by atoms with Crippen LogP contribution in [-0.2, 0) is 0 Å². The molecule has 3 rings (SSSR count). The molecular formula is C18H25N3. The van der Waals surface area contributed by atoms with Gasteiger partial charge in [-0.25, -0.2) is 4.98 Å². The molecule has 0 spiro atoms. The molecule has 1 aromatic heterocycles. The van der Waals surface area contributed by atoms with E-state index >= 15 is 0 Å². The summed E-state index contributed by atoms with van der Waals surface area (Å²) in [5.74, 6) is 1.18. The van der Waals surface area contributed by atoms with Gasteiger partial charge in [0.25, 0.3) is 0 Å². The first-order chi connectivity index (χ1) is 10.3. The Balaban J connectivity index is 1.86. The summed E-state index contributed by atoms with van der Waals surface area (Å²) in [5, 5.41) is 4.80. The summed E-state index contributed by atoms with van der Waals surface area (Å²) in [5.41, 5.74) is 2.39. The number of rotatable bonds is 5. The normalized spacial score (nSPS) is 18.6. The van der Waals surface area contributed by atoms with E-state index in [0.717, 1.165) is 25.2 Å². The zero-order valence-corrected chi connectivity index (χ0v) is 13.1. The van der Waals surface area contributed by atoms with Crippen molar-refractivity contribution >= 4 is 16.7 Å². The summed E-state index contributed by atoms with van der Waals surface area (Å²) < 4.78 is 0. The summed E-state index contributed by atoms with van der Waals surface area (Å²) >= 11 is 0. The summed E-state index contributed by atoms with van der Waals surface area (Å²) in [6.07, 6.45) is 3.73. The first kappa shape index (κ1) is 14.3. The number of anilines is 1. The Kier molecular flexibility index (Phi) is 4.39. The Morgan fingerprint density at radius 3 is 3.05 bits per heavy atom. The largest absolute Gasteiger partial charge is 0.352 e. The number of benzene rings is 1. The van der Waals surface area contributed by atoms with Crippen LogP contribution in [0.5, 0.6) is 0 Å².